The van der Waals surface area contributed by atoms with Crippen LogP contribution in [0.15, 0.2) is 11.6 Å². The second-order valence-corrected chi connectivity index (χ2v) is 9.97. The fourth-order valence-corrected chi connectivity index (χ4v) is 5.33. The number of rotatable bonds is 7. The molecule has 2 heterocycles. The molecule has 2 aliphatic heterocycles. The van der Waals surface area contributed by atoms with Crippen LogP contribution in [0.3, 0.4) is 0 Å². The van der Waals surface area contributed by atoms with E-state index in [-0.39, 0.29) is 31.2 Å². The van der Waals surface area contributed by atoms with Gasteiger partial charge >= 0.3 is 0 Å². The zero-order valence-corrected chi connectivity index (χ0v) is 18.2. The number of hydrogen-bond acceptors (Lipinski definition) is 11. The zero-order valence-electron chi connectivity index (χ0n) is 18.2. The van der Waals surface area contributed by atoms with Gasteiger partial charge in [0.05, 0.1) is 32.0 Å². The van der Waals surface area contributed by atoms with Gasteiger partial charge in [0.25, 0.3) is 0 Å². The van der Waals surface area contributed by atoms with Crippen molar-refractivity contribution in [1.29, 1.82) is 0 Å². The topological polar surface area (TPSA) is 179 Å². The Bertz CT molecular complexity index is 729. The summed E-state index contributed by atoms with van der Waals surface area (Å²) in [7, 11) is 0. The van der Waals surface area contributed by atoms with Gasteiger partial charge in [-0.3, -0.25) is 0 Å². The van der Waals surface area contributed by atoms with Gasteiger partial charge in [-0.25, -0.2) is 0 Å². The maximum absolute atomic E-state index is 10.5. The summed E-state index contributed by atoms with van der Waals surface area (Å²) in [5.41, 5.74) is -1.87. The summed E-state index contributed by atoms with van der Waals surface area (Å²) in [6, 6.07) is 0. The largest absolute Gasteiger partial charge is 0.393 e. The molecule has 0 amide bonds. The molecule has 10 atom stereocenters. The van der Waals surface area contributed by atoms with Crippen molar-refractivity contribution >= 4 is 0 Å². The average Bonchev–Trinajstić information content (AvgIpc) is 3.07. The number of ether oxygens (including phenoxy) is 4. The predicted octanol–water partition coefficient (Wildman–Crippen LogP) is -2.62. The van der Waals surface area contributed by atoms with Crippen molar-refractivity contribution < 1.29 is 54.7 Å². The third kappa shape index (κ3) is 3.64. The summed E-state index contributed by atoms with van der Waals surface area (Å²) >= 11 is 0. The van der Waals surface area contributed by atoms with E-state index in [1.54, 1.807) is 0 Å². The van der Waals surface area contributed by atoms with Gasteiger partial charge in [-0.05, 0) is 24.3 Å². The van der Waals surface area contributed by atoms with E-state index in [1.165, 1.54) is 0 Å². The summed E-state index contributed by atoms with van der Waals surface area (Å²) < 4.78 is 22.6. The number of aliphatic hydroxyl groups excluding tert-OH is 6. The van der Waals surface area contributed by atoms with Gasteiger partial charge in [0, 0.05) is 5.41 Å². The van der Waals surface area contributed by atoms with Crippen LogP contribution in [0.1, 0.15) is 26.7 Å². The lowest BCUT2D eigenvalue weighted by molar-refractivity contribution is -0.366. The molecular formula is C21H34O11. The molecule has 7 N–H and O–H groups in total. The molecule has 5 rings (SSSR count). The molecule has 32 heavy (non-hydrogen) atoms. The molecule has 0 aromatic carbocycles. The third-order valence-corrected chi connectivity index (χ3v) is 7.92. The molecular weight excluding hydrogens is 428 g/mol. The van der Waals surface area contributed by atoms with E-state index >= 15 is 0 Å². The van der Waals surface area contributed by atoms with Gasteiger partial charge in [-0.2, -0.15) is 0 Å². The lowest BCUT2D eigenvalue weighted by Gasteiger charge is -2.65. The highest BCUT2D eigenvalue weighted by molar-refractivity contribution is 5.30. The molecule has 0 unspecified atom stereocenters. The molecule has 0 spiro atoms. The molecule has 2 saturated heterocycles. The molecule has 11 nitrogen and oxygen atoms in total. The SMILES string of the molecule is CC1(C)[C@H]2C[C@]1(O[C@@H]1O[C@H](CO[C@@H]3OC[C@](O)(CO)[C@H]3O)[C@@H](O)[C@H](O)[C@H]1O)CC=C2CO. The van der Waals surface area contributed by atoms with E-state index in [4.69, 9.17) is 18.9 Å². The maximum Gasteiger partial charge on any atom is 0.187 e. The Morgan fingerprint density at radius 3 is 2.34 bits per heavy atom. The minimum absolute atomic E-state index is 0.0163. The number of hydrogen-bond donors (Lipinski definition) is 7. The molecule has 2 bridgehead atoms. The van der Waals surface area contributed by atoms with Gasteiger partial charge in [0.1, 0.15) is 36.1 Å². The smallest absolute Gasteiger partial charge is 0.187 e. The standard InChI is InChI=1S/C21H34O11/c1-19(2)11-5-21(19,4-3-10(11)6-22)32-17-15(26)14(25)13(24)12(31-17)7-29-18-16(27)20(28,8-23)9-30-18/h3,11-18,22-28H,4-9H2,1-2H3/t11-,12+,13+,14-,15+,16-,17-,18+,20+,21+/m0/s1. The van der Waals surface area contributed by atoms with Crippen molar-refractivity contribution in [3.8, 4) is 0 Å². The first-order chi connectivity index (χ1) is 15.0. The third-order valence-electron chi connectivity index (χ3n) is 7.92. The minimum Gasteiger partial charge on any atom is -0.393 e. The minimum atomic E-state index is -1.86. The van der Waals surface area contributed by atoms with Gasteiger partial charge in [-0.15, -0.1) is 0 Å². The highest BCUT2D eigenvalue weighted by Crippen LogP contribution is 2.64. The summed E-state index contributed by atoms with van der Waals surface area (Å²) in [4.78, 5) is 0. The van der Waals surface area contributed by atoms with Crippen LogP contribution in [0.25, 0.3) is 0 Å². The highest BCUT2D eigenvalue weighted by atomic mass is 16.7. The van der Waals surface area contributed by atoms with Crippen LogP contribution in [-0.4, -0.2) is 116 Å². The fourth-order valence-electron chi connectivity index (χ4n) is 5.33. The summed E-state index contributed by atoms with van der Waals surface area (Å²) in [6.45, 7) is 2.64. The lowest BCUT2D eigenvalue weighted by atomic mass is 9.46. The Hall–Kier alpha value is -0.700. The van der Waals surface area contributed by atoms with Gasteiger partial charge in [-0.1, -0.05) is 19.9 Å². The van der Waals surface area contributed by atoms with Crippen LogP contribution in [0.4, 0.5) is 0 Å². The monoisotopic (exact) mass is 462 g/mol. The van der Waals surface area contributed by atoms with Crippen LogP contribution in [-0.2, 0) is 18.9 Å². The normalized spacial score (nSPS) is 50.1. The Morgan fingerprint density at radius 2 is 1.78 bits per heavy atom. The molecule has 3 fully saturated rings. The highest BCUT2D eigenvalue weighted by Gasteiger charge is 2.65. The predicted molar refractivity (Wildman–Crippen MR) is 106 cm³/mol. The lowest BCUT2D eigenvalue weighted by Crippen LogP contribution is -2.69. The Morgan fingerprint density at radius 1 is 1.06 bits per heavy atom. The van der Waals surface area contributed by atoms with Crippen LogP contribution in [0.5, 0.6) is 0 Å². The molecule has 1 saturated carbocycles. The Labute approximate surface area is 185 Å². The zero-order chi connectivity index (χ0) is 23.5. The van der Waals surface area contributed by atoms with Crippen molar-refractivity contribution in [2.75, 3.05) is 26.4 Å². The second kappa shape index (κ2) is 8.51. The molecule has 0 aromatic rings. The molecule has 3 aliphatic carbocycles. The van der Waals surface area contributed by atoms with Crippen molar-refractivity contribution in [3.63, 3.8) is 0 Å². The Balaban J connectivity index is 1.42. The van der Waals surface area contributed by atoms with Crippen molar-refractivity contribution in [3.05, 3.63) is 11.6 Å². The van der Waals surface area contributed by atoms with E-state index in [0.29, 0.717) is 12.8 Å². The van der Waals surface area contributed by atoms with E-state index < -0.39 is 60.9 Å². The second-order valence-electron chi connectivity index (χ2n) is 9.97. The average molecular weight is 462 g/mol. The molecule has 11 heteroatoms. The number of aliphatic hydroxyl groups is 7. The van der Waals surface area contributed by atoms with Crippen LogP contribution in [0, 0.1) is 11.3 Å². The molecule has 0 radical (unpaired) electrons. The van der Waals surface area contributed by atoms with Crippen LogP contribution in [0.2, 0.25) is 0 Å². The van der Waals surface area contributed by atoms with Crippen molar-refractivity contribution in [1.82, 2.24) is 0 Å². The number of fused-ring (bicyclic) bond motifs is 1. The van der Waals surface area contributed by atoms with E-state index in [0.717, 1.165) is 5.57 Å². The first-order valence-corrected chi connectivity index (χ1v) is 10.9. The molecule has 0 aromatic heterocycles. The van der Waals surface area contributed by atoms with Crippen molar-refractivity contribution in [2.24, 2.45) is 11.3 Å². The Kier molecular flexibility index (Phi) is 6.49. The maximum atomic E-state index is 10.5. The molecule has 184 valence electrons. The quantitative estimate of drug-likeness (QED) is 0.197. The van der Waals surface area contributed by atoms with E-state index in [9.17, 15) is 35.7 Å². The van der Waals surface area contributed by atoms with Crippen molar-refractivity contribution in [2.45, 2.75) is 81.0 Å². The molecule has 5 aliphatic rings. The van der Waals surface area contributed by atoms with E-state index in [1.807, 2.05) is 19.9 Å². The first kappa shape index (κ1) is 24.4. The summed E-state index contributed by atoms with van der Waals surface area (Å²) in [5, 5.41) is 70.2. The van der Waals surface area contributed by atoms with Crippen LogP contribution >= 0.6 is 0 Å². The van der Waals surface area contributed by atoms with Gasteiger partial charge in [0.2, 0.25) is 0 Å². The summed E-state index contributed by atoms with van der Waals surface area (Å²) in [6.07, 6.45) is -6.60. The first-order valence-electron chi connectivity index (χ1n) is 10.9. The fraction of sp³-hybridized carbons (Fsp3) is 0.905. The van der Waals surface area contributed by atoms with Crippen LogP contribution < -0.4 is 0 Å². The van der Waals surface area contributed by atoms with Gasteiger partial charge < -0.3 is 54.7 Å². The van der Waals surface area contributed by atoms with Gasteiger partial charge in [0.15, 0.2) is 12.6 Å². The summed E-state index contributed by atoms with van der Waals surface area (Å²) in [5.74, 6) is 0.142. The van der Waals surface area contributed by atoms with E-state index in [2.05, 4.69) is 0 Å².